The molecule has 0 bridgehead atoms. The molecule has 162 valence electrons. The van der Waals surface area contributed by atoms with Crippen molar-refractivity contribution in [2.24, 2.45) is 11.8 Å². The standard InChI is InChI=1S/C10H19NO3S.C9H14O3S/c1-4-7(2)9(12)11-8(10(13)14)5-6-15-3;1-3-8(10)6-7(9(11)12)4-5-13-2/h7-8H,4-6H2,1-3H3,(H,11,12)(H,13,14);3,7H,1,4-6H2,2H3,(H,11,12)/t7?,8-;7-/m11/s1. The summed E-state index contributed by atoms with van der Waals surface area (Å²) in [6.07, 6.45) is 6.80. The molecule has 9 heteroatoms. The van der Waals surface area contributed by atoms with Crippen LogP contribution in [0, 0.1) is 11.8 Å². The molecule has 28 heavy (non-hydrogen) atoms. The third kappa shape index (κ3) is 14.6. The molecule has 0 saturated heterocycles. The van der Waals surface area contributed by atoms with E-state index in [1.54, 1.807) is 30.4 Å². The second kappa shape index (κ2) is 17.6. The van der Waals surface area contributed by atoms with E-state index < -0.39 is 23.9 Å². The molecule has 3 N–H and O–H groups in total. The number of carbonyl (C=O) groups is 4. The number of rotatable bonds is 14. The highest BCUT2D eigenvalue weighted by Gasteiger charge is 2.21. The summed E-state index contributed by atoms with van der Waals surface area (Å²) in [6, 6.07) is -0.751. The third-order valence-corrected chi connectivity index (χ3v) is 5.27. The van der Waals surface area contributed by atoms with Crippen molar-refractivity contribution < 1.29 is 29.4 Å². The number of carboxylic acid groups (broad SMARTS) is 2. The zero-order chi connectivity index (χ0) is 22.1. The number of hydrogen-bond donors (Lipinski definition) is 3. The molecule has 1 amide bonds. The fourth-order valence-electron chi connectivity index (χ4n) is 1.89. The molecule has 0 aromatic carbocycles. The Morgan fingerprint density at radius 3 is 1.96 bits per heavy atom. The molecule has 0 aliphatic heterocycles. The first kappa shape index (κ1) is 28.7. The van der Waals surface area contributed by atoms with Crippen LogP contribution in [-0.2, 0) is 19.2 Å². The molecule has 0 aromatic heterocycles. The Morgan fingerprint density at radius 1 is 1.04 bits per heavy atom. The zero-order valence-corrected chi connectivity index (χ0v) is 18.7. The maximum atomic E-state index is 11.5. The highest BCUT2D eigenvalue weighted by molar-refractivity contribution is 7.98. The van der Waals surface area contributed by atoms with Gasteiger partial charge in [-0.1, -0.05) is 20.4 Å². The number of carbonyl (C=O) groups excluding carboxylic acids is 2. The lowest BCUT2D eigenvalue weighted by Crippen LogP contribution is -2.43. The molecule has 0 saturated carbocycles. The zero-order valence-electron chi connectivity index (χ0n) is 17.1. The fraction of sp³-hybridized carbons (Fsp3) is 0.684. The number of thioether (sulfide) groups is 2. The van der Waals surface area contributed by atoms with Crippen molar-refractivity contribution in [3.05, 3.63) is 12.7 Å². The summed E-state index contributed by atoms with van der Waals surface area (Å²) < 4.78 is 0. The van der Waals surface area contributed by atoms with E-state index in [9.17, 15) is 19.2 Å². The van der Waals surface area contributed by atoms with Gasteiger partial charge in [0.25, 0.3) is 0 Å². The minimum Gasteiger partial charge on any atom is -0.481 e. The summed E-state index contributed by atoms with van der Waals surface area (Å²) in [7, 11) is 0. The molecule has 1 unspecified atom stereocenters. The van der Waals surface area contributed by atoms with E-state index in [0.29, 0.717) is 12.8 Å². The number of nitrogens with one attached hydrogen (secondary N) is 1. The van der Waals surface area contributed by atoms with Crippen LogP contribution in [0.3, 0.4) is 0 Å². The van der Waals surface area contributed by atoms with Gasteiger partial charge in [0.2, 0.25) is 5.91 Å². The van der Waals surface area contributed by atoms with E-state index in [1.165, 1.54) is 6.08 Å². The van der Waals surface area contributed by atoms with Crippen molar-refractivity contribution in [2.75, 3.05) is 24.0 Å². The molecule has 0 fully saturated rings. The van der Waals surface area contributed by atoms with Gasteiger partial charge in [-0.2, -0.15) is 23.5 Å². The van der Waals surface area contributed by atoms with Gasteiger partial charge in [0.1, 0.15) is 6.04 Å². The Kier molecular flexibility index (Phi) is 18.1. The van der Waals surface area contributed by atoms with E-state index >= 15 is 0 Å². The Hall–Kier alpha value is -1.48. The number of carboxylic acids is 2. The minimum absolute atomic E-state index is 0.0688. The van der Waals surface area contributed by atoms with Crippen molar-refractivity contribution in [1.82, 2.24) is 5.32 Å². The lowest BCUT2D eigenvalue weighted by Gasteiger charge is -2.16. The van der Waals surface area contributed by atoms with Crippen molar-refractivity contribution in [3.8, 4) is 0 Å². The van der Waals surface area contributed by atoms with Gasteiger partial charge in [0.05, 0.1) is 5.92 Å². The second-order valence-electron chi connectivity index (χ2n) is 6.18. The molecule has 3 atom stereocenters. The van der Waals surface area contributed by atoms with Crippen LogP contribution in [0.15, 0.2) is 12.7 Å². The number of amides is 1. The predicted molar refractivity (Wildman–Crippen MR) is 116 cm³/mol. The van der Waals surface area contributed by atoms with Crippen LogP contribution < -0.4 is 5.32 Å². The molecule has 0 aliphatic rings. The first-order valence-corrected chi connectivity index (χ1v) is 11.8. The minimum atomic E-state index is -0.958. The van der Waals surface area contributed by atoms with Crippen LogP contribution in [0.5, 0.6) is 0 Å². The van der Waals surface area contributed by atoms with Crippen LogP contribution in [0.1, 0.15) is 39.5 Å². The average molecular weight is 436 g/mol. The van der Waals surface area contributed by atoms with Gasteiger partial charge in [0.15, 0.2) is 5.78 Å². The molecular weight excluding hydrogens is 402 g/mol. The number of allylic oxidation sites excluding steroid dienone is 1. The van der Waals surface area contributed by atoms with Crippen molar-refractivity contribution >= 4 is 47.2 Å². The highest BCUT2D eigenvalue weighted by atomic mass is 32.2. The van der Waals surface area contributed by atoms with Crippen LogP contribution in [0.25, 0.3) is 0 Å². The van der Waals surface area contributed by atoms with Gasteiger partial charge in [-0.05, 0) is 49.4 Å². The molecule has 0 heterocycles. The van der Waals surface area contributed by atoms with E-state index in [-0.39, 0.29) is 24.0 Å². The van der Waals surface area contributed by atoms with E-state index in [0.717, 1.165) is 17.9 Å². The smallest absolute Gasteiger partial charge is 0.326 e. The quantitative estimate of drug-likeness (QED) is 0.356. The Labute approximate surface area is 176 Å². The summed E-state index contributed by atoms with van der Waals surface area (Å²) in [5.41, 5.74) is 0. The van der Waals surface area contributed by atoms with Crippen molar-refractivity contribution in [1.29, 1.82) is 0 Å². The topological polar surface area (TPSA) is 121 Å². The predicted octanol–water partition coefficient (Wildman–Crippen LogP) is 2.94. The molecule has 0 radical (unpaired) electrons. The molecule has 0 rings (SSSR count). The summed E-state index contributed by atoms with van der Waals surface area (Å²) in [6.45, 7) is 7.00. The van der Waals surface area contributed by atoms with Crippen LogP contribution >= 0.6 is 23.5 Å². The average Bonchev–Trinajstić information content (AvgIpc) is 2.67. The van der Waals surface area contributed by atoms with Gasteiger partial charge in [0, 0.05) is 12.3 Å². The van der Waals surface area contributed by atoms with Gasteiger partial charge in [-0.3, -0.25) is 14.4 Å². The summed E-state index contributed by atoms with van der Waals surface area (Å²) in [4.78, 5) is 43.9. The normalized spacial score (nSPS) is 13.3. The molecule has 7 nitrogen and oxygen atoms in total. The van der Waals surface area contributed by atoms with Gasteiger partial charge < -0.3 is 15.5 Å². The fourth-order valence-corrected chi connectivity index (χ4v) is 2.88. The largest absolute Gasteiger partial charge is 0.481 e. The maximum absolute atomic E-state index is 11.5. The van der Waals surface area contributed by atoms with E-state index in [1.807, 2.05) is 19.4 Å². The van der Waals surface area contributed by atoms with Crippen LogP contribution in [0.4, 0.5) is 0 Å². The number of ketones is 1. The second-order valence-corrected chi connectivity index (χ2v) is 8.15. The lowest BCUT2D eigenvalue weighted by atomic mass is 10.00. The van der Waals surface area contributed by atoms with Crippen LogP contribution in [-0.4, -0.2) is 63.9 Å². The van der Waals surface area contributed by atoms with E-state index in [2.05, 4.69) is 11.9 Å². The summed E-state index contributed by atoms with van der Waals surface area (Å²) >= 11 is 3.16. The SMILES string of the molecule is C=CC(=O)C[C@@H](CCSC)C(=O)O.CCC(C)C(=O)N[C@H](CCSC)C(=O)O. The molecule has 0 aliphatic carbocycles. The van der Waals surface area contributed by atoms with Crippen LogP contribution in [0.2, 0.25) is 0 Å². The maximum Gasteiger partial charge on any atom is 0.326 e. The van der Waals surface area contributed by atoms with Gasteiger partial charge in [-0.25, -0.2) is 4.79 Å². The Balaban J connectivity index is 0. The molecular formula is C19H33NO6S2. The Morgan fingerprint density at radius 2 is 1.57 bits per heavy atom. The van der Waals surface area contributed by atoms with Gasteiger partial charge >= 0.3 is 11.9 Å². The number of aliphatic carboxylic acids is 2. The lowest BCUT2D eigenvalue weighted by molar-refractivity contribution is -0.143. The third-order valence-electron chi connectivity index (χ3n) is 3.98. The van der Waals surface area contributed by atoms with Gasteiger partial charge in [-0.15, -0.1) is 0 Å². The summed E-state index contributed by atoms with van der Waals surface area (Å²) in [5, 5.41) is 20.2. The monoisotopic (exact) mass is 435 g/mol. The first-order valence-electron chi connectivity index (χ1n) is 9.03. The molecule has 0 aromatic rings. The highest BCUT2D eigenvalue weighted by Crippen LogP contribution is 2.13. The number of hydrogen-bond acceptors (Lipinski definition) is 6. The molecule has 0 spiro atoms. The van der Waals surface area contributed by atoms with Crippen molar-refractivity contribution in [2.45, 2.75) is 45.6 Å². The Bertz CT molecular complexity index is 513. The van der Waals surface area contributed by atoms with Crippen molar-refractivity contribution in [3.63, 3.8) is 0 Å². The van der Waals surface area contributed by atoms with E-state index in [4.69, 9.17) is 10.2 Å². The first-order chi connectivity index (χ1) is 13.1. The summed E-state index contributed by atoms with van der Waals surface area (Å²) in [5.74, 6) is -1.41.